The Morgan fingerprint density at radius 2 is 1.76 bits per heavy atom. The molecular weight excluding hydrogens is 447 g/mol. The summed E-state index contributed by atoms with van der Waals surface area (Å²) in [5.74, 6) is 0.380. The van der Waals surface area contributed by atoms with Gasteiger partial charge in [-0.05, 0) is 74.2 Å². The maximum atomic E-state index is 10.6. The van der Waals surface area contributed by atoms with Crippen LogP contribution in [-0.4, -0.2) is 24.0 Å². The lowest BCUT2D eigenvalue weighted by Gasteiger charge is -2.40. The average Bonchev–Trinajstić information content (AvgIpc) is 2.86. The Kier molecular flexibility index (Phi) is 10.1. The van der Waals surface area contributed by atoms with Crippen LogP contribution in [0.5, 0.6) is 0 Å². The number of nitrogens with zero attached hydrogens (tertiary/aromatic N) is 2. The SMILES string of the molecule is CCC(CCC(C#N)(c1ccc(Cl)c(Cl)c1)C1CCCCC1)N(CC)CCc1ccccc1. The van der Waals surface area contributed by atoms with Crippen molar-refractivity contribution in [2.75, 3.05) is 13.1 Å². The molecule has 2 aromatic rings. The highest BCUT2D eigenvalue weighted by Crippen LogP contribution is 2.45. The fourth-order valence-corrected chi connectivity index (χ4v) is 6.02. The summed E-state index contributed by atoms with van der Waals surface area (Å²) in [6, 6.07) is 19.9. The third-order valence-electron chi connectivity index (χ3n) is 7.73. The monoisotopic (exact) mass is 484 g/mol. The van der Waals surface area contributed by atoms with Crippen LogP contribution in [-0.2, 0) is 11.8 Å². The van der Waals surface area contributed by atoms with Crippen molar-refractivity contribution >= 4 is 23.2 Å². The first-order chi connectivity index (χ1) is 16.0. The lowest BCUT2D eigenvalue weighted by atomic mass is 9.63. The molecule has 2 unspecified atom stereocenters. The highest BCUT2D eigenvalue weighted by atomic mass is 35.5. The highest BCUT2D eigenvalue weighted by Gasteiger charge is 2.41. The second-order valence-electron chi connectivity index (χ2n) is 9.51. The first-order valence-electron chi connectivity index (χ1n) is 12.7. The molecule has 2 nitrogen and oxygen atoms in total. The van der Waals surface area contributed by atoms with Crippen molar-refractivity contribution < 1.29 is 0 Å². The molecule has 3 rings (SSSR count). The van der Waals surface area contributed by atoms with Gasteiger partial charge in [0.05, 0.1) is 21.5 Å². The number of hydrogen-bond donors (Lipinski definition) is 0. The van der Waals surface area contributed by atoms with Gasteiger partial charge in [-0.25, -0.2) is 0 Å². The van der Waals surface area contributed by atoms with Gasteiger partial charge in [0.25, 0.3) is 0 Å². The van der Waals surface area contributed by atoms with Crippen LogP contribution in [0, 0.1) is 17.2 Å². The molecule has 178 valence electrons. The molecule has 0 N–H and O–H groups in total. The van der Waals surface area contributed by atoms with Crippen LogP contribution in [0.4, 0.5) is 0 Å². The number of likely N-dealkylation sites (N-methyl/N-ethyl adjacent to an activating group) is 1. The van der Waals surface area contributed by atoms with E-state index < -0.39 is 5.41 Å². The van der Waals surface area contributed by atoms with Crippen LogP contribution in [0.25, 0.3) is 0 Å². The molecule has 2 atom stereocenters. The zero-order valence-electron chi connectivity index (χ0n) is 20.2. The number of benzene rings is 2. The van der Waals surface area contributed by atoms with Crippen molar-refractivity contribution in [3.8, 4) is 6.07 Å². The number of halogens is 2. The Morgan fingerprint density at radius 1 is 1.03 bits per heavy atom. The van der Waals surface area contributed by atoms with Crippen molar-refractivity contribution in [1.29, 1.82) is 5.26 Å². The molecule has 1 aliphatic rings. The summed E-state index contributed by atoms with van der Waals surface area (Å²) >= 11 is 12.7. The molecule has 0 saturated heterocycles. The predicted octanol–water partition coefficient (Wildman–Crippen LogP) is 8.46. The molecule has 0 amide bonds. The normalized spacial score (nSPS) is 17.5. The van der Waals surface area contributed by atoms with Gasteiger partial charge in [0, 0.05) is 12.6 Å². The van der Waals surface area contributed by atoms with Gasteiger partial charge in [0.15, 0.2) is 0 Å². The van der Waals surface area contributed by atoms with E-state index in [4.69, 9.17) is 23.2 Å². The van der Waals surface area contributed by atoms with E-state index in [1.807, 2.05) is 18.2 Å². The molecule has 2 aromatic carbocycles. The Bertz CT molecular complexity index is 902. The van der Waals surface area contributed by atoms with Crippen LogP contribution in [0.1, 0.15) is 76.3 Å². The largest absolute Gasteiger partial charge is 0.300 e. The maximum Gasteiger partial charge on any atom is 0.0851 e. The third kappa shape index (κ3) is 6.54. The molecule has 0 spiro atoms. The summed E-state index contributed by atoms with van der Waals surface area (Å²) in [6.07, 6.45) is 9.98. The fraction of sp³-hybridized carbons (Fsp3) is 0.552. The van der Waals surface area contributed by atoms with Crippen molar-refractivity contribution in [3.63, 3.8) is 0 Å². The van der Waals surface area contributed by atoms with E-state index in [1.165, 1.54) is 24.8 Å². The second-order valence-corrected chi connectivity index (χ2v) is 10.3. The lowest BCUT2D eigenvalue weighted by Crippen LogP contribution is -2.40. The molecule has 0 aromatic heterocycles. The van der Waals surface area contributed by atoms with Gasteiger partial charge in [-0.3, -0.25) is 0 Å². The molecule has 0 aliphatic heterocycles. The average molecular weight is 486 g/mol. The van der Waals surface area contributed by atoms with Crippen LogP contribution < -0.4 is 0 Å². The third-order valence-corrected chi connectivity index (χ3v) is 8.47. The van der Waals surface area contributed by atoms with E-state index in [-0.39, 0.29) is 0 Å². The Hall–Kier alpha value is -1.53. The fourth-order valence-electron chi connectivity index (χ4n) is 5.72. The summed E-state index contributed by atoms with van der Waals surface area (Å²) in [4.78, 5) is 2.60. The Morgan fingerprint density at radius 3 is 2.36 bits per heavy atom. The van der Waals surface area contributed by atoms with Gasteiger partial charge in [0.1, 0.15) is 0 Å². The van der Waals surface area contributed by atoms with Crippen LogP contribution in [0.2, 0.25) is 10.0 Å². The van der Waals surface area contributed by atoms with Gasteiger partial charge in [-0.1, -0.05) is 92.7 Å². The summed E-state index contributed by atoms with van der Waals surface area (Å²) in [5, 5.41) is 11.7. The Balaban J connectivity index is 1.80. The summed E-state index contributed by atoms with van der Waals surface area (Å²) in [7, 11) is 0. The minimum atomic E-state index is -0.499. The van der Waals surface area contributed by atoms with Gasteiger partial charge in [-0.15, -0.1) is 0 Å². The van der Waals surface area contributed by atoms with Gasteiger partial charge >= 0.3 is 0 Å². The van der Waals surface area contributed by atoms with Crippen molar-refractivity contribution in [1.82, 2.24) is 4.90 Å². The topological polar surface area (TPSA) is 27.0 Å². The number of hydrogen-bond acceptors (Lipinski definition) is 2. The molecule has 4 heteroatoms. The van der Waals surface area contributed by atoms with Gasteiger partial charge in [-0.2, -0.15) is 5.26 Å². The first kappa shape index (κ1) is 26.1. The summed E-state index contributed by atoms with van der Waals surface area (Å²) < 4.78 is 0. The van der Waals surface area contributed by atoms with E-state index in [0.29, 0.717) is 22.0 Å². The smallest absolute Gasteiger partial charge is 0.0851 e. The molecule has 1 aliphatic carbocycles. The Labute approximate surface area is 210 Å². The summed E-state index contributed by atoms with van der Waals surface area (Å²) in [5.41, 5.74) is 1.93. The minimum Gasteiger partial charge on any atom is -0.300 e. The molecule has 1 saturated carbocycles. The zero-order chi connectivity index (χ0) is 23.7. The molecule has 33 heavy (non-hydrogen) atoms. The van der Waals surface area contributed by atoms with Crippen molar-refractivity contribution in [3.05, 3.63) is 69.7 Å². The lowest BCUT2D eigenvalue weighted by molar-refractivity contribution is 0.165. The molecule has 0 bridgehead atoms. The van der Waals surface area contributed by atoms with E-state index >= 15 is 0 Å². The maximum absolute atomic E-state index is 10.6. The van der Waals surface area contributed by atoms with Gasteiger partial charge in [0.2, 0.25) is 0 Å². The predicted molar refractivity (Wildman–Crippen MR) is 141 cm³/mol. The van der Waals surface area contributed by atoms with Gasteiger partial charge < -0.3 is 4.90 Å². The second kappa shape index (κ2) is 12.8. The van der Waals surface area contributed by atoms with Crippen LogP contribution in [0.3, 0.4) is 0 Å². The zero-order valence-corrected chi connectivity index (χ0v) is 21.7. The van der Waals surface area contributed by atoms with E-state index in [1.54, 1.807) is 0 Å². The van der Waals surface area contributed by atoms with E-state index in [0.717, 1.165) is 57.2 Å². The quantitative estimate of drug-likeness (QED) is 0.319. The number of nitriles is 1. The molecular formula is C29H38Cl2N2. The molecule has 0 radical (unpaired) electrons. The highest BCUT2D eigenvalue weighted by molar-refractivity contribution is 6.42. The standard InChI is InChI=1S/C29H38Cl2N2/c1-3-26(33(4-2)20-18-23-11-7-5-8-12-23)17-19-29(22-32,24-13-9-6-10-14-24)25-15-16-27(30)28(31)21-25/h5,7-8,11-12,15-16,21,24,26H,3-4,6,9-10,13-14,17-20H2,1-2H3. The van der Waals surface area contributed by atoms with Crippen molar-refractivity contribution in [2.24, 2.45) is 5.92 Å². The van der Waals surface area contributed by atoms with E-state index in [2.05, 4.69) is 55.1 Å². The molecule has 1 fully saturated rings. The minimum absolute atomic E-state index is 0.380. The van der Waals surface area contributed by atoms with Crippen LogP contribution >= 0.6 is 23.2 Å². The summed E-state index contributed by atoms with van der Waals surface area (Å²) in [6.45, 7) is 6.62. The van der Waals surface area contributed by atoms with Crippen molar-refractivity contribution in [2.45, 2.75) is 83.1 Å². The molecule has 0 heterocycles. The van der Waals surface area contributed by atoms with E-state index in [9.17, 15) is 5.26 Å². The van der Waals surface area contributed by atoms with Crippen LogP contribution in [0.15, 0.2) is 48.5 Å². The first-order valence-corrected chi connectivity index (χ1v) is 13.4. The number of rotatable bonds is 11.